The number of benzene rings is 1. The Hall–Kier alpha value is -0.900. The van der Waals surface area contributed by atoms with Crippen LogP contribution in [-0.4, -0.2) is 31.0 Å². The van der Waals surface area contributed by atoms with Crippen molar-refractivity contribution in [2.24, 2.45) is 0 Å². The van der Waals surface area contributed by atoms with Crippen LogP contribution in [0.2, 0.25) is 5.02 Å². The lowest BCUT2D eigenvalue weighted by Gasteiger charge is -2.18. The highest BCUT2D eigenvalue weighted by Gasteiger charge is 2.41. The van der Waals surface area contributed by atoms with Gasteiger partial charge in [-0.25, -0.2) is 8.42 Å². The molecule has 11 heteroatoms. The highest BCUT2D eigenvalue weighted by atomic mass is 79.9. The van der Waals surface area contributed by atoms with E-state index in [4.69, 9.17) is 22.3 Å². The topological polar surface area (TPSA) is 97.6 Å². The molecular weight excluding hydrogens is 411 g/mol. The first kappa shape index (κ1) is 16.5. The van der Waals surface area contributed by atoms with Gasteiger partial charge < -0.3 is 4.90 Å². The molecule has 0 aromatic heterocycles. The van der Waals surface area contributed by atoms with Gasteiger partial charge in [0.2, 0.25) is 15.0 Å². The maximum atomic E-state index is 12.0. The Morgan fingerprint density at radius 3 is 2.52 bits per heavy atom. The monoisotopic (exact) mass is 416 g/mol. The first-order chi connectivity index (χ1) is 9.61. The van der Waals surface area contributed by atoms with E-state index in [2.05, 4.69) is 15.9 Å². The van der Waals surface area contributed by atoms with E-state index in [0.29, 0.717) is 0 Å². The van der Waals surface area contributed by atoms with Crippen molar-refractivity contribution >= 4 is 64.5 Å². The largest absolute Gasteiger partial charge is 0.304 e. The lowest BCUT2D eigenvalue weighted by atomic mass is 10.2. The van der Waals surface area contributed by atoms with Gasteiger partial charge in [-0.05, 0) is 22.0 Å². The zero-order valence-electron chi connectivity index (χ0n) is 10.1. The SMILES string of the molecule is O=C1CC(S(=O)(=O)Cl)CN1c1c(Br)cc(Cl)cc1[N+](=O)[O-]. The van der Waals surface area contributed by atoms with Crippen LogP contribution in [-0.2, 0) is 13.8 Å². The molecule has 1 saturated heterocycles. The maximum absolute atomic E-state index is 12.0. The van der Waals surface area contributed by atoms with Crippen molar-refractivity contribution in [3.63, 3.8) is 0 Å². The quantitative estimate of drug-likeness (QED) is 0.427. The zero-order valence-corrected chi connectivity index (χ0v) is 14.0. The fourth-order valence-corrected chi connectivity index (χ4v) is 4.07. The molecule has 0 saturated carbocycles. The van der Waals surface area contributed by atoms with E-state index in [0.717, 1.165) is 11.0 Å². The zero-order chi connectivity index (χ0) is 15.9. The first-order valence-corrected chi connectivity index (χ1v) is 9.03. The van der Waals surface area contributed by atoms with E-state index in [-0.39, 0.29) is 28.1 Å². The summed E-state index contributed by atoms with van der Waals surface area (Å²) < 4.78 is 22.9. The molecule has 1 aromatic rings. The second-order valence-electron chi connectivity index (χ2n) is 4.32. The van der Waals surface area contributed by atoms with Gasteiger partial charge in [0.1, 0.15) is 10.9 Å². The van der Waals surface area contributed by atoms with Crippen LogP contribution in [0.5, 0.6) is 0 Å². The molecule has 0 radical (unpaired) electrons. The van der Waals surface area contributed by atoms with Crippen LogP contribution < -0.4 is 4.90 Å². The van der Waals surface area contributed by atoms with Crippen molar-refractivity contribution in [2.75, 3.05) is 11.4 Å². The van der Waals surface area contributed by atoms with E-state index < -0.39 is 30.8 Å². The number of carbonyl (C=O) groups excluding carboxylic acids is 1. The van der Waals surface area contributed by atoms with E-state index >= 15 is 0 Å². The fraction of sp³-hybridized carbons (Fsp3) is 0.300. The summed E-state index contributed by atoms with van der Waals surface area (Å²) in [6.07, 6.45) is -0.321. The van der Waals surface area contributed by atoms with Gasteiger partial charge in [-0.2, -0.15) is 0 Å². The third kappa shape index (κ3) is 3.31. The van der Waals surface area contributed by atoms with Crippen molar-refractivity contribution in [3.05, 3.63) is 31.7 Å². The number of nitrogens with zero attached hydrogens (tertiary/aromatic N) is 2. The van der Waals surface area contributed by atoms with Crippen molar-refractivity contribution in [1.29, 1.82) is 0 Å². The predicted molar refractivity (Wildman–Crippen MR) is 81.3 cm³/mol. The predicted octanol–water partition coefficient (Wildman–Crippen LogP) is 2.68. The van der Waals surface area contributed by atoms with Gasteiger partial charge in [-0.15, -0.1) is 0 Å². The van der Waals surface area contributed by atoms with Crippen molar-refractivity contribution < 1.29 is 18.1 Å². The molecule has 114 valence electrons. The summed E-state index contributed by atoms with van der Waals surface area (Å²) in [7, 11) is 1.32. The third-order valence-electron chi connectivity index (χ3n) is 2.96. The Morgan fingerprint density at radius 1 is 1.43 bits per heavy atom. The average molecular weight is 418 g/mol. The van der Waals surface area contributed by atoms with Crippen LogP contribution in [0.1, 0.15) is 6.42 Å². The minimum Gasteiger partial charge on any atom is -0.304 e. The molecule has 0 bridgehead atoms. The van der Waals surface area contributed by atoms with Crippen molar-refractivity contribution in [3.8, 4) is 0 Å². The molecule has 0 spiro atoms. The van der Waals surface area contributed by atoms with Gasteiger partial charge in [0.25, 0.3) is 5.69 Å². The number of hydrogen-bond donors (Lipinski definition) is 0. The molecule has 0 N–H and O–H groups in total. The number of anilines is 1. The van der Waals surface area contributed by atoms with E-state index in [1.807, 2.05) is 0 Å². The Balaban J connectivity index is 2.53. The average Bonchev–Trinajstić information content (AvgIpc) is 2.70. The lowest BCUT2D eigenvalue weighted by molar-refractivity contribution is -0.384. The summed E-state index contributed by atoms with van der Waals surface area (Å²) in [5.41, 5.74) is -0.424. The number of halogens is 3. The van der Waals surface area contributed by atoms with E-state index in [1.54, 1.807) is 0 Å². The summed E-state index contributed by atoms with van der Waals surface area (Å²) in [5, 5.41) is 10.1. The molecule has 1 atom stereocenters. The van der Waals surface area contributed by atoms with Crippen LogP contribution in [0.15, 0.2) is 16.6 Å². The molecular formula is C10H7BrCl2N2O5S. The molecule has 21 heavy (non-hydrogen) atoms. The number of amides is 1. The number of rotatable bonds is 3. The summed E-state index contributed by atoms with van der Waals surface area (Å²) in [6, 6.07) is 2.48. The van der Waals surface area contributed by atoms with Gasteiger partial charge in [0.15, 0.2) is 0 Å². The summed E-state index contributed by atoms with van der Waals surface area (Å²) in [6.45, 7) is -0.244. The molecule has 7 nitrogen and oxygen atoms in total. The molecule has 1 aliphatic heterocycles. The molecule has 1 fully saturated rings. The van der Waals surface area contributed by atoms with Gasteiger partial charge in [0, 0.05) is 39.2 Å². The number of nitro benzene ring substituents is 1. The molecule has 1 unspecified atom stereocenters. The van der Waals surface area contributed by atoms with E-state index in [9.17, 15) is 23.3 Å². The lowest BCUT2D eigenvalue weighted by Crippen LogP contribution is -2.27. The fourth-order valence-electron chi connectivity index (χ4n) is 2.04. The Morgan fingerprint density at radius 2 is 2.05 bits per heavy atom. The molecule has 1 amide bonds. The summed E-state index contributed by atoms with van der Waals surface area (Å²) >= 11 is 8.86. The number of hydrogen-bond acceptors (Lipinski definition) is 5. The van der Waals surface area contributed by atoms with Crippen molar-refractivity contribution in [2.45, 2.75) is 11.7 Å². The number of carbonyl (C=O) groups is 1. The Bertz CT molecular complexity index is 739. The Kier molecular flexibility index (Phi) is 4.48. The highest BCUT2D eigenvalue weighted by molar-refractivity contribution is 9.10. The standard InChI is InChI=1S/C10H7BrCl2N2O5S/c11-7-1-5(12)2-8(15(17)18)10(7)14-4-6(3-9(14)16)21(13,19)20/h1-2,6H,3-4H2. The van der Waals surface area contributed by atoms with Crippen LogP contribution in [0.4, 0.5) is 11.4 Å². The normalized spacial score (nSPS) is 19.1. The first-order valence-electron chi connectivity index (χ1n) is 5.48. The second-order valence-corrected chi connectivity index (χ2v) is 8.52. The van der Waals surface area contributed by atoms with Crippen LogP contribution in [0.3, 0.4) is 0 Å². The van der Waals surface area contributed by atoms with Gasteiger partial charge in [-0.3, -0.25) is 14.9 Å². The molecule has 0 aliphatic carbocycles. The molecule has 1 aromatic carbocycles. The molecule has 1 heterocycles. The summed E-state index contributed by atoms with van der Waals surface area (Å²) in [4.78, 5) is 23.4. The number of nitro groups is 1. The highest BCUT2D eigenvalue weighted by Crippen LogP contribution is 2.41. The van der Waals surface area contributed by atoms with Crippen LogP contribution in [0, 0.1) is 10.1 Å². The smallest absolute Gasteiger partial charge is 0.295 e. The maximum Gasteiger partial charge on any atom is 0.295 e. The molecule has 1 aliphatic rings. The van der Waals surface area contributed by atoms with Gasteiger partial charge >= 0.3 is 0 Å². The minimum atomic E-state index is -3.93. The van der Waals surface area contributed by atoms with Crippen molar-refractivity contribution in [1.82, 2.24) is 0 Å². The van der Waals surface area contributed by atoms with Crippen LogP contribution >= 0.6 is 38.2 Å². The van der Waals surface area contributed by atoms with Crippen LogP contribution in [0.25, 0.3) is 0 Å². The second kappa shape index (κ2) is 5.71. The third-order valence-corrected chi connectivity index (χ3v) is 5.65. The summed E-state index contributed by atoms with van der Waals surface area (Å²) in [5.74, 6) is -0.560. The molecule has 2 rings (SSSR count). The van der Waals surface area contributed by atoms with Gasteiger partial charge in [-0.1, -0.05) is 11.6 Å². The Labute approximate surface area is 137 Å². The minimum absolute atomic E-state index is 0.0304. The van der Waals surface area contributed by atoms with E-state index in [1.165, 1.54) is 6.07 Å². The van der Waals surface area contributed by atoms with Gasteiger partial charge in [0.05, 0.1) is 4.92 Å².